The predicted molar refractivity (Wildman–Crippen MR) is 77.8 cm³/mol. The number of hydrogen-bond acceptors (Lipinski definition) is 2. The Balaban J connectivity index is 1.86. The third-order valence-corrected chi connectivity index (χ3v) is 4.02. The van der Waals surface area contributed by atoms with Gasteiger partial charge in [0.1, 0.15) is 0 Å². The molecule has 0 aliphatic heterocycles. The van der Waals surface area contributed by atoms with E-state index in [1.54, 1.807) is 0 Å². The zero-order valence-electron chi connectivity index (χ0n) is 11.9. The Hall–Kier alpha value is -1.35. The molecule has 1 aromatic carbocycles. The molecule has 3 atom stereocenters. The fourth-order valence-corrected chi connectivity index (χ4v) is 2.84. The molecule has 3 unspecified atom stereocenters. The van der Waals surface area contributed by atoms with Crippen molar-refractivity contribution in [1.82, 2.24) is 5.32 Å². The lowest BCUT2D eigenvalue weighted by Gasteiger charge is -2.18. The van der Waals surface area contributed by atoms with Crippen molar-refractivity contribution in [3.05, 3.63) is 35.4 Å². The Labute approximate surface area is 115 Å². The van der Waals surface area contributed by atoms with E-state index in [0.29, 0.717) is 0 Å². The smallest absolute Gasteiger partial charge is 0.223 e. The first-order valence-corrected chi connectivity index (χ1v) is 7.16. The maximum absolute atomic E-state index is 12.1. The van der Waals surface area contributed by atoms with Gasteiger partial charge in [-0.25, -0.2) is 0 Å². The number of rotatable bonds is 4. The molecule has 1 saturated carbocycles. The van der Waals surface area contributed by atoms with Gasteiger partial charge in [-0.1, -0.05) is 24.3 Å². The van der Waals surface area contributed by atoms with Gasteiger partial charge in [-0.2, -0.15) is 0 Å². The molecule has 1 aliphatic carbocycles. The number of carbonyl (C=O) groups is 1. The van der Waals surface area contributed by atoms with Gasteiger partial charge < -0.3 is 11.1 Å². The molecule has 3 N–H and O–H groups in total. The van der Waals surface area contributed by atoms with Crippen LogP contribution in [0.2, 0.25) is 0 Å². The molecule has 1 amide bonds. The molecule has 0 bridgehead atoms. The Morgan fingerprint density at radius 1 is 1.42 bits per heavy atom. The number of nitrogens with two attached hydrogens (primary N) is 1. The molecule has 0 saturated heterocycles. The maximum atomic E-state index is 12.1. The van der Waals surface area contributed by atoms with Gasteiger partial charge in [0.25, 0.3) is 0 Å². The minimum Gasteiger partial charge on any atom is -0.353 e. The van der Waals surface area contributed by atoms with Crippen molar-refractivity contribution in [2.24, 2.45) is 11.7 Å². The number of hydrogen-bond donors (Lipinski definition) is 2. The Morgan fingerprint density at radius 2 is 2.16 bits per heavy atom. The van der Waals surface area contributed by atoms with Crippen LogP contribution in [0.15, 0.2) is 24.3 Å². The van der Waals surface area contributed by atoms with Crippen molar-refractivity contribution in [2.75, 3.05) is 0 Å². The molecule has 1 aromatic rings. The molecule has 1 aliphatic rings. The van der Waals surface area contributed by atoms with Crippen LogP contribution in [0.5, 0.6) is 0 Å². The van der Waals surface area contributed by atoms with Crippen molar-refractivity contribution in [2.45, 2.75) is 51.6 Å². The van der Waals surface area contributed by atoms with Crippen molar-refractivity contribution in [3.63, 3.8) is 0 Å². The Bertz CT molecular complexity index is 444. The summed E-state index contributed by atoms with van der Waals surface area (Å²) >= 11 is 0. The van der Waals surface area contributed by atoms with Crippen LogP contribution >= 0.6 is 0 Å². The zero-order chi connectivity index (χ0) is 13.8. The fraction of sp³-hybridized carbons (Fsp3) is 0.562. The van der Waals surface area contributed by atoms with Crippen LogP contribution in [0.4, 0.5) is 0 Å². The van der Waals surface area contributed by atoms with Gasteiger partial charge in [0, 0.05) is 18.0 Å². The highest BCUT2D eigenvalue weighted by atomic mass is 16.1. The topological polar surface area (TPSA) is 55.1 Å². The summed E-state index contributed by atoms with van der Waals surface area (Å²) in [6.07, 6.45) is 3.63. The van der Waals surface area contributed by atoms with Gasteiger partial charge in [0.2, 0.25) is 5.91 Å². The number of nitrogens with one attached hydrogen (secondary N) is 1. The van der Waals surface area contributed by atoms with Crippen LogP contribution in [0.1, 0.15) is 37.3 Å². The standard InChI is InChI=1S/C16H24N2O/c1-11-5-3-4-6-13(11)9-12(2)18-16(19)14-7-8-15(17)10-14/h3-6,12,14-15H,7-10,17H2,1-2H3,(H,18,19). The minimum atomic E-state index is 0.120. The van der Waals surface area contributed by atoms with Gasteiger partial charge in [-0.15, -0.1) is 0 Å². The van der Waals surface area contributed by atoms with E-state index in [1.807, 2.05) is 12.1 Å². The molecule has 0 spiro atoms. The van der Waals surface area contributed by atoms with Gasteiger partial charge in [0.05, 0.1) is 0 Å². The number of amides is 1. The highest BCUT2D eigenvalue weighted by Crippen LogP contribution is 2.24. The van der Waals surface area contributed by atoms with Gasteiger partial charge in [-0.05, 0) is 50.7 Å². The molecule has 104 valence electrons. The van der Waals surface area contributed by atoms with Gasteiger partial charge in [0.15, 0.2) is 0 Å². The van der Waals surface area contributed by atoms with E-state index in [4.69, 9.17) is 5.73 Å². The van der Waals surface area contributed by atoms with Crippen LogP contribution in [0, 0.1) is 12.8 Å². The molecule has 0 radical (unpaired) electrons. The first-order chi connectivity index (χ1) is 9.06. The van der Waals surface area contributed by atoms with Crippen LogP contribution in [-0.2, 0) is 11.2 Å². The summed E-state index contributed by atoms with van der Waals surface area (Å²) in [5.74, 6) is 0.295. The van der Waals surface area contributed by atoms with E-state index in [-0.39, 0.29) is 23.9 Å². The highest BCUT2D eigenvalue weighted by Gasteiger charge is 2.28. The summed E-state index contributed by atoms with van der Waals surface area (Å²) in [6.45, 7) is 4.18. The van der Waals surface area contributed by atoms with Crippen LogP contribution < -0.4 is 11.1 Å². The summed E-state index contributed by atoms with van der Waals surface area (Å²) in [7, 11) is 0. The first kappa shape index (κ1) is 14.1. The monoisotopic (exact) mass is 260 g/mol. The molecular formula is C16H24N2O. The summed E-state index contributed by atoms with van der Waals surface area (Å²) in [5, 5.41) is 3.12. The molecule has 2 rings (SSSR count). The molecule has 3 heteroatoms. The van der Waals surface area contributed by atoms with E-state index in [9.17, 15) is 4.79 Å². The van der Waals surface area contributed by atoms with Crippen molar-refractivity contribution < 1.29 is 4.79 Å². The summed E-state index contributed by atoms with van der Waals surface area (Å²) in [6, 6.07) is 8.71. The summed E-state index contributed by atoms with van der Waals surface area (Å²) in [4.78, 5) is 12.1. The third kappa shape index (κ3) is 3.80. The average Bonchev–Trinajstić information content (AvgIpc) is 2.79. The zero-order valence-corrected chi connectivity index (χ0v) is 11.9. The number of carbonyl (C=O) groups excluding carboxylic acids is 1. The second-order valence-electron chi connectivity index (χ2n) is 5.81. The lowest BCUT2D eigenvalue weighted by Crippen LogP contribution is -2.38. The number of benzene rings is 1. The van der Waals surface area contributed by atoms with Crippen LogP contribution in [0.25, 0.3) is 0 Å². The minimum absolute atomic E-state index is 0.120. The third-order valence-electron chi connectivity index (χ3n) is 4.02. The van der Waals surface area contributed by atoms with Crippen molar-refractivity contribution in [1.29, 1.82) is 0 Å². The first-order valence-electron chi connectivity index (χ1n) is 7.16. The highest BCUT2D eigenvalue weighted by molar-refractivity contribution is 5.79. The molecule has 3 nitrogen and oxygen atoms in total. The summed E-state index contributed by atoms with van der Waals surface area (Å²) in [5.41, 5.74) is 8.45. The predicted octanol–water partition coefficient (Wildman–Crippen LogP) is 2.17. The molecule has 0 heterocycles. The second kappa shape index (κ2) is 6.20. The maximum Gasteiger partial charge on any atom is 0.223 e. The van der Waals surface area contributed by atoms with Crippen LogP contribution in [0.3, 0.4) is 0 Å². The largest absolute Gasteiger partial charge is 0.353 e. The van der Waals surface area contributed by atoms with E-state index in [0.717, 1.165) is 25.7 Å². The van der Waals surface area contributed by atoms with E-state index < -0.39 is 0 Å². The fourth-order valence-electron chi connectivity index (χ4n) is 2.84. The van der Waals surface area contributed by atoms with Crippen molar-refractivity contribution in [3.8, 4) is 0 Å². The second-order valence-corrected chi connectivity index (χ2v) is 5.81. The van der Waals surface area contributed by atoms with Gasteiger partial charge >= 0.3 is 0 Å². The Morgan fingerprint density at radius 3 is 2.79 bits per heavy atom. The lowest BCUT2D eigenvalue weighted by atomic mass is 10.0. The average molecular weight is 260 g/mol. The van der Waals surface area contributed by atoms with E-state index in [1.165, 1.54) is 11.1 Å². The lowest BCUT2D eigenvalue weighted by molar-refractivity contribution is -0.125. The van der Waals surface area contributed by atoms with Crippen LogP contribution in [-0.4, -0.2) is 18.0 Å². The Kier molecular flexibility index (Phi) is 4.59. The molecule has 1 fully saturated rings. The normalized spacial score (nSPS) is 24.2. The van der Waals surface area contributed by atoms with E-state index >= 15 is 0 Å². The molecular weight excluding hydrogens is 236 g/mol. The molecule has 0 aromatic heterocycles. The number of aryl methyl sites for hydroxylation is 1. The quantitative estimate of drug-likeness (QED) is 0.871. The SMILES string of the molecule is Cc1ccccc1CC(C)NC(=O)C1CCC(N)C1. The summed E-state index contributed by atoms with van der Waals surface area (Å²) < 4.78 is 0. The van der Waals surface area contributed by atoms with Crippen molar-refractivity contribution >= 4 is 5.91 Å². The van der Waals surface area contributed by atoms with E-state index in [2.05, 4.69) is 31.3 Å². The molecule has 19 heavy (non-hydrogen) atoms. The van der Waals surface area contributed by atoms with Gasteiger partial charge in [-0.3, -0.25) is 4.79 Å².